The fraction of sp³-hybridized carbons (Fsp3) is 0.316. The highest BCUT2D eigenvalue weighted by Gasteiger charge is 2.49. The second-order valence-corrected chi connectivity index (χ2v) is 8.09. The summed E-state index contributed by atoms with van der Waals surface area (Å²) in [6, 6.07) is 16.5. The van der Waals surface area contributed by atoms with E-state index in [1.54, 1.807) is 0 Å². The topological polar surface area (TPSA) is 29.1 Å². The maximum absolute atomic E-state index is 12.4. The maximum Gasteiger partial charge on any atom is 0.224 e. The third kappa shape index (κ3) is 3.86. The van der Waals surface area contributed by atoms with E-state index in [1.165, 1.54) is 5.56 Å². The van der Waals surface area contributed by atoms with Gasteiger partial charge in [0.2, 0.25) is 5.91 Å². The predicted octanol–water partition coefficient (Wildman–Crippen LogP) is 4.99. The van der Waals surface area contributed by atoms with E-state index < -0.39 is 0 Å². The van der Waals surface area contributed by atoms with Gasteiger partial charge in [-0.1, -0.05) is 56.1 Å². The van der Waals surface area contributed by atoms with Crippen LogP contribution in [0.25, 0.3) is 0 Å². The van der Waals surface area contributed by atoms with Crippen molar-refractivity contribution >= 4 is 37.8 Å². The molecular weight excluding hydrogens is 418 g/mol. The zero-order valence-corrected chi connectivity index (χ0v) is 16.2. The molecule has 2 nitrogen and oxygen atoms in total. The molecule has 1 aliphatic carbocycles. The molecule has 0 spiro atoms. The molecule has 3 rings (SSSR count). The number of hydrogen-bond acceptors (Lipinski definition) is 1. The molecule has 1 aliphatic rings. The van der Waals surface area contributed by atoms with Gasteiger partial charge < -0.3 is 5.32 Å². The quantitative estimate of drug-likeness (QED) is 0.702. The van der Waals surface area contributed by atoms with Crippen LogP contribution in [0.5, 0.6) is 0 Å². The number of rotatable bonds is 5. The molecule has 0 bridgehead atoms. The third-order valence-electron chi connectivity index (χ3n) is 4.67. The number of nitrogens with one attached hydrogen (secondary N) is 1. The SMILES string of the molecule is CC(NC(=O)Cc1cccc(Br)c1)C1(c2ccc(Br)cc2)CC1. The lowest BCUT2D eigenvalue weighted by Gasteiger charge is -2.25. The highest BCUT2D eigenvalue weighted by Crippen LogP contribution is 2.51. The van der Waals surface area contributed by atoms with Gasteiger partial charge in [0.15, 0.2) is 0 Å². The number of hydrogen-bond donors (Lipinski definition) is 1. The van der Waals surface area contributed by atoms with Gasteiger partial charge in [0.1, 0.15) is 0 Å². The first-order valence-corrected chi connectivity index (χ1v) is 9.38. The highest BCUT2D eigenvalue weighted by molar-refractivity contribution is 9.10. The largest absolute Gasteiger partial charge is 0.352 e. The molecule has 23 heavy (non-hydrogen) atoms. The van der Waals surface area contributed by atoms with Crippen LogP contribution in [0.1, 0.15) is 30.9 Å². The van der Waals surface area contributed by atoms with E-state index >= 15 is 0 Å². The summed E-state index contributed by atoms with van der Waals surface area (Å²) in [5.74, 6) is 0.0824. The molecule has 120 valence electrons. The van der Waals surface area contributed by atoms with E-state index in [-0.39, 0.29) is 17.4 Å². The van der Waals surface area contributed by atoms with Gasteiger partial charge >= 0.3 is 0 Å². The zero-order chi connectivity index (χ0) is 16.4. The molecule has 2 aromatic carbocycles. The number of amides is 1. The summed E-state index contributed by atoms with van der Waals surface area (Å²) in [5, 5.41) is 3.20. The van der Waals surface area contributed by atoms with Crippen LogP contribution in [0, 0.1) is 0 Å². The van der Waals surface area contributed by atoms with Crippen molar-refractivity contribution in [3.05, 3.63) is 68.6 Å². The fourth-order valence-electron chi connectivity index (χ4n) is 3.15. The van der Waals surface area contributed by atoms with Crippen molar-refractivity contribution < 1.29 is 4.79 Å². The molecule has 1 N–H and O–H groups in total. The van der Waals surface area contributed by atoms with Crippen LogP contribution < -0.4 is 5.32 Å². The molecule has 0 heterocycles. The van der Waals surface area contributed by atoms with Crippen molar-refractivity contribution in [3.8, 4) is 0 Å². The Morgan fingerprint density at radius 1 is 1.13 bits per heavy atom. The van der Waals surface area contributed by atoms with Crippen molar-refractivity contribution in [1.29, 1.82) is 0 Å². The summed E-state index contributed by atoms with van der Waals surface area (Å²) in [6.45, 7) is 2.12. The molecule has 1 fully saturated rings. The fourth-order valence-corrected chi connectivity index (χ4v) is 3.86. The second-order valence-electron chi connectivity index (χ2n) is 6.26. The van der Waals surface area contributed by atoms with Gasteiger partial charge in [-0.25, -0.2) is 0 Å². The first-order chi connectivity index (χ1) is 11.0. The van der Waals surface area contributed by atoms with Crippen LogP contribution in [0.4, 0.5) is 0 Å². The summed E-state index contributed by atoms with van der Waals surface area (Å²) >= 11 is 6.92. The number of carbonyl (C=O) groups excluding carboxylic acids is 1. The smallest absolute Gasteiger partial charge is 0.224 e. The molecule has 2 aromatic rings. The maximum atomic E-state index is 12.4. The van der Waals surface area contributed by atoms with Gasteiger partial charge in [0.05, 0.1) is 6.42 Å². The van der Waals surface area contributed by atoms with E-state index in [4.69, 9.17) is 0 Å². The molecule has 1 amide bonds. The van der Waals surface area contributed by atoms with Crippen molar-refractivity contribution in [1.82, 2.24) is 5.32 Å². The Labute approximate surface area is 153 Å². The van der Waals surface area contributed by atoms with Gasteiger partial charge in [0.25, 0.3) is 0 Å². The molecule has 1 atom stereocenters. The van der Waals surface area contributed by atoms with E-state index in [0.717, 1.165) is 27.4 Å². The summed E-state index contributed by atoms with van der Waals surface area (Å²) in [4.78, 5) is 12.4. The normalized spacial score (nSPS) is 16.7. The molecule has 4 heteroatoms. The Morgan fingerprint density at radius 2 is 1.83 bits per heavy atom. The van der Waals surface area contributed by atoms with E-state index in [9.17, 15) is 4.79 Å². The van der Waals surface area contributed by atoms with Crippen molar-refractivity contribution in [3.63, 3.8) is 0 Å². The van der Waals surface area contributed by atoms with Crippen molar-refractivity contribution in [2.75, 3.05) is 0 Å². The van der Waals surface area contributed by atoms with Crippen LogP contribution in [-0.2, 0) is 16.6 Å². The first kappa shape index (κ1) is 16.7. The monoisotopic (exact) mass is 435 g/mol. The number of halogens is 2. The van der Waals surface area contributed by atoms with Gasteiger partial charge in [0, 0.05) is 20.4 Å². The lowest BCUT2D eigenvalue weighted by molar-refractivity contribution is -0.121. The standard InChI is InChI=1S/C19H19Br2NO/c1-13(19(9-10-19)15-5-7-16(20)8-6-15)22-18(23)12-14-3-2-4-17(21)11-14/h2-8,11,13H,9-10,12H2,1H3,(H,22,23). The molecule has 0 radical (unpaired) electrons. The van der Waals surface area contributed by atoms with E-state index in [1.807, 2.05) is 24.3 Å². The number of benzene rings is 2. The van der Waals surface area contributed by atoms with Crippen molar-refractivity contribution in [2.45, 2.75) is 37.6 Å². The average molecular weight is 437 g/mol. The van der Waals surface area contributed by atoms with Crippen molar-refractivity contribution in [2.24, 2.45) is 0 Å². The van der Waals surface area contributed by atoms with Gasteiger partial charge in [-0.15, -0.1) is 0 Å². The van der Waals surface area contributed by atoms with Gasteiger partial charge in [-0.2, -0.15) is 0 Å². The first-order valence-electron chi connectivity index (χ1n) is 7.79. The van der Waals surface area contributed by atoms with Crippen LogP contribution in [0.2, 0.25) is 0 Å². The zero-order valence-electron chi connectivity index (χ0n) is 13.0. The van der Waals surface area contributed by atoms with Crippen LogP contribution in [0.3, 0.4) is 0 Å². The second kappa shape index (κ2) is 6.78. The van der Waals surface area contributed by atoms with Gasteiger partial charge in [-0.3, -0.25) is 4.79 Å². The summed E-state index contributed by atoms with van der Waals surface area (Å²) < 4.78 is 2.09. The Kier molecular flexibility index (Phi) is 4.93. The van der Waals surface area contributed by atoms with Crippen LogP contribution in [-0.4, -0.2) is 11.9 Å². The Balaban J connectivity index is 1.65. The average Bonchev–Trinajstić information content (AvgIpc) is 3.29. The number of carbonyl (C=O) groups is 1. The lowest BCUT2D eigenvalue weighted by atomic mass is 9.89. The minimum absolute atomic E-state index is 0.0824. The minimum Gasteiger partial charge on any atom is -0.352 e. The molecule has 0 aromatic heterocycles. The van der Waals surface area contributed by atoms with Crippen LogP contribution in [0.15, 0.2) is 57.5 Å². The Hall–Kier alpha value is -1.13. The molecule has 0 aliphatic heterocycles. The van der Waals surface area contributed by atoms with E-state index in [2.05, 4.69) is 68.4 Å². The lowest BCUT2D eigenvalue weighted by Crippen LogP contribution is -2.42. The third-order valence-corrected chi connectivity index (χ3v) is 5.69. The van der Waals surface area contributed by atoms with Crippen LogP contribution >= 0.6 is 31.9 Å². The Bertz CT molecular complexity index is 708. The molecule has 0 saturated heterocycles. The van der Waals surface area contributed by atoms with Gasteiger partial charge in [-0.05, 0) is 55.2 Å². The highest BCUT2D eigenvalue weighted by atomic mass is 79.9. The molecular formula is C19H19Br2NO. The minimum atomic E-state index is 0.0824. The summed E-state index contributed by atoms with van der Waals surface area (Å²) in [6.07, 6.45) is 2.68. The predicted molar refractivity (Wildman–Crippen MR) is 101 cm³/mol. The Morgan fingerprint density at radius 3 is 2.43 bits per heavy atom. The summed E-state index contributed by atoms with van der Waals surface area (Å²) in [7, 11) is 0. The molecule has 1 unspecified atom stereocenters. The van der Waals surface area contributed by atoms with E-state index in [0.29, 0.717) is 6.42 Å². The molecule has 1 saturated carbocycles. The summed E-state index contributed by atoms with van der Waals surface area (Å²) in [5.41, 5.74) is 2.45.